The summed E-state index contributed by atoms with van der Waals surface area (Å²) in [6.07, 6.45) is 5.44. The van der Waals surface area contributed by atoms with E-state index in [1.807, 2.05) is 24.3 Å². The van der Waals surface area contributed by atoms with Crippen LogP contribution in [0.15, 0.2) is 42.5 Å². The fourth-order valence-corrected chi connectivity index (χ4v) is 4.60. The third kappa shape index (κ3) is 6.39. The molecular formula is C25H30Cl2N2O3. The van der Waals surface area contributed by atoms with E-state index in [9.17, 15) is 9.59 Å². The van der Waals surface area contributed by atoms with Crippen molar-refractivity contribution in [2.45, 2.75) is 64.1 Å². The highest BCUT2D eigenvalue weighted by atomic mass is 35.5. The second-order valence-electron chi connectivity index (χ2n) is 8.27. The van der Waals surface area contributed by atoms with Gasteiger partial charge in [0, 0.05) is 22.6 Å². The summed E-state index contributed by atoms with van der Waals surface area (Å²) in [6.45, 7) is 2.04. The van der Waals surface area contributed by atoms with E-state index in [-0.39, 0.29) is 30.8 Å². The first-order chi connectivity index (χ1) is 15.4. The van der Waals surface area contributed by atoms with Gasteiger partial charge in [0.05, 0.1) is 13.5 Å². The zero-order chi connectivity index (χ0) is 23.1. The average molecular weight is 477 g/mol. The largest absolute Gasteiger partial charge is 0.497 e. The highest BCUT2D eigenvalue weighted by Gasteiger charge is 2.29. The van der Waals surface area contributed by atoms with Crippen molar-refractivity contribution in [1.29, 1.82) is 0 Å². The summed E-state index contributed by atoms with van der Waals surface area (Å²) in [6, 6.07) is 12.2. The first-order valence-corrected chi connectivity index (χ1v) is 11.8. The molecule has 2 aromatic carbocycles. The standard InChI is InChI=1S/C25H30Cl2N2O3/c1-17(25(31)28-19-9-4-3-5-10-19)29(16-18-8-6-11-20(14-18)32-2)24(30)15-21-22(26)12-7-13-23(21)27/h6-8,11-14,17,19H,3-5,9-10,15-16H2,1-2H3,(H,28,31). The molecule has 2 aromatic rings. The smallest absolute Gasteiger partial charge is 0.242 e. The fraction of sp³-hybridized carbons (Fsp3) is 0.440. The van der Waals surface area contributed by atoms with Crippen molar-refractivity contribution in [2.75, 3.05) is 7.11 Å². The lowest BCUT2D eigenvalue weighted by Gasteiger charge is -2.31. The SMILES string of the molecule is COc1cccc(CN(C(=O)Cc2c(Cl)cccc2Cl)C(C)C(=O)NC2CCCCC2)c1. The van der Waals surface area contributed by atoms with Gasteiger partial charge >= 0.3 is 0 Å². The summed E-state index contributed by atoms with van der Waals surface area (Å²) in [5, 5.41) is 4.01. The van der Waals surface area contributed by atoms with Crippen LogP contribution in [0.4, 0.5) is 0 Å². The summed E-state index contributed by atoms with van der Waals surface area (Å²) in [5.41, 5.74) is 1.44. The Balaban J connectivity index is 1.82. The highest BCUT2D eigenvalue weighted by molar-refractivity contribution is 6.36. The van der Waals surface area contributed by atoms with Crippen LogP contribution >= 0.6 is 23.2 Å². The number of ether oxygens (including phenoxy) is 1. The average Bonchev–Trinajstić information content (AvgIpc) is 2.80. The minimum Gasteiger partial charge on any atom is -0.497 e. The van der Waals surface area contributed by atoms with Gasteiger partial charge in [-0.15, -0.1) is 0 Å². The van der Waals surface area contributed by atoms with Gasteiger partial charge < -0.3 is 15.0 Å². The summed E-state index contributed by atoms with van der Waals surface area (Å²) >= 11 is 12.6. The van der Waals surface area contributed by atoms with E-state index in [1.165, 1.54) is 6.42 Å². The Morgan fingerprint density at radius 2 is 1.75 bits per heavy atom. The van der Waals surface area contributed by atoms with Crippen molar-refractivity contribution in [3.8, 4) is 5.75 Å². The minimum atomic E-state index is -0.642. The maximum Gasteiger partial charge on any atom is 0.242 e. The lowest BCUT2D eigenvalue weighted by Crippen LogP contribution is -2.50. The number of carbonyl (C=O) groups is 2. The Morgan fingerprint density at radius 1 is 1.09 bits per heavy atom. The number of halogens is 2. The molecule has 0 bridgehead atoms. The van der Waals surface area contributed by atoms with Crippen molar-refractivity contribution in [3.63, 3.8) is 0 Å². The van der Waals surface area contributed by atoms with Gasteiger partial charge in [0.1, 0.15) is 11.8 Å². The topological polar surface area (TPSA) is 58.6 Å². The molecule has 3 rings (SSSR count). The molecule has 0 aliphatic heterocycles. The van der Waals surface area contributed by atoms with E-state index < -0.39 is 6.04 Å². The summed E-state index contributed by atoms with van der Waals surface area (Å²) < 4.78 is 5.31. The molecule has 1 unspecified atom stereocenters. The maximum absolute atomic E-state index is 13.4. The van der Waals surface area contributed by atoms with Crippen LogP contribution in [0.25, 0.3) is 0 Å². The number of hydrogen-bond acceptors (Lipinski definition) is 3. The number of hydrogen-bond donors (Lipinski definition) is 1. The second-order valence-corrected chi connectivity index (χ2v) is 9.08. The lowest BCUT2D eigenvalue weighted by molar-refractivity contribution is -0.140. The van der Waals surface area contributed by atoms with Crippen molar-refractivity contribution in [3.05, 3.63) is 63.6 Å². The monoisotopic (exact) mass is 476 g/mol. The van der Waals surface area contributed by atoms with Crippen molar-refractivity contribution >= 4 is 35.0 Å². The Bertz CT molecular complexity index is 924. The van der Waals surface area contributed by atoms with Crippen LogP contribution in [-0.4, -0.2) is 35.9 Å². The summed E-state index contributed by atoms with van der Waals surface area (Å²) in [7, 11) is 1.60. The van der Waals surface area contributed by atoms with E-state index in [0.717, 1.165) is 31.2 Å². The van der Waals surface area contributed by atoms with Crippen LogP contribution in [0, 0.1) is 0 Å². The summed E-state index contributed by atoms with van der Waals surface area (Å²) in [4.78, 5) is 28.1. The van der Waals surface area contributed by atoms with Gasteiger partial charge in [-0.05, 0) is 55.2 Å². The van der Waals surface area contributed by atoms with Crippen LogP contribution in [0.5, 0.6) is 5.75 Å². The number of methoxy groups -OCH3 is 1. The van der Waals surface area contributed by atoms with Crippen LogP contribution in [0.1, 0.15) is 50.2 Å². The number of rotatable bonds is 8. The molecule has 1 aliphatic carbocycles. The van der Waals surface area contributed by atoms with E-state index in [2.05, 4.69) is 5.32 Å². The van der Waals surface area contributed by atoms with E-state index in [4.69, 9.17) is 27.9 Å². The first kappa shape index (κ1) is 24.4. The van der Waals surface area contributed by atoms with Crippen LogP contribution in [-0.2, 0) is 22.6 Å². The molecule has 1 aliphatic rings. The van der Waals surface area contributed by atoms with E-state index >= 15 is 0 Å². The normalized spacial score (nSPS) is 15.1. The number of benzene rings is 2. The molecule has 0 spiro atoms. The van der Waals surface area contributed by atoms with Gasteiger partial charge in [-0.1, -0.05) is 60.7 Å². The molecule has 5 nitrogen and oxygen atoms in total. The molecule has 0 radical (unpaired) electrons. The quantitative estimate of drug-likeness (QED) is 0.553. The minimum absolute atomic E-state index is 0.0174. The van der Waals surface area contributed by atoms with Gasteiger partial charge in [0.25, 0.3) is 0 Å². The van der Waals surface area contributed by atoms with Crippen LogP contribution in [0.2, 0.25) is 10.0 Å². The maximum atomic E-state index is 13.4. The molecule has 7 heteroatoms. The lowest BCUT2D eigenvalue weighted by atomic mass is 9.95. The van der Waals surface area contributed by atoms with Crippen LogP contribution in [0.3, 0.4) is 0 Å². The molecular weight excluding hydrogens is 447 g/mol. The Labute approximate surface area is 200 Å². The van der Waals surface area contributed by atoms with Gasteiger partial charge in [0.15, 0.2) is 0 Å². The highest BCUT2D eigenvalue weighted by Crippen LogP contribution is 2.26. The molecule has 0 saturated heterocycles. The van der Waals surface area contributed by atoms with Crippen LogP contribution < -0.4 is 10.1 Å². The third-order valence-corrected chi connectivity index (χ3v) is 6.70. The molecule has 0 heterocycles. The Morgan fingerprint density at radius 3 is 2.41 bits per heavy atom. The molecule has 0 aromatic heterocycles. The third-order valence-electron chi connectivity index (χ3n) is 6.00. The molecule has 1 fully saturated rings. The van der Waals surface area contributed by atoms with Gasteiger partial charge in [-0.25, -0.2) is 0 Å². The zero-order valence-corrected chi connectivity index (χ0v) is 20.1. The number of nitrogens with one attached hydrogen (secondary N) is 1. The van der Waals surface area contributed by atoms with Gasteiger partial charge in [0.2, 0.25) is 11.8 Å². The molecule has 2 amide bonds. The molecule has 1 atom stereocenters. The molecule has 1 N–H and O–H groups in total. The second kappa shape index (κ2) is 11.6. The predicted molar refractivity (Wildman–Crippen MR) is 128 cm³/mol. The molecule has 172 valence electrons. The summed E-state index contributed by atoms with van der Waals surface area (Å²) in [5.74, 6) is 0.343. The predicted octanol–water partition coefficient (Wildman–Crippen LogP) is 5.41. The first-order valence-electron chi connectivity index (χ1n) is 11.0. The van der Waals surface area contributed by atoms with Gasteiger partial charge in [-0.3, -0.25) is 9.59 Å². The fourth-order valence-electron chi connectivity index (χ4n) is 4.07. The molecule has 1 saturated carbocycles. The molecule has 32 heavy (non-hydrogen) atoms. The van der Waals surface area contributed by atoms with Crippen molar-refractivity contribution in [2.24, 2.45) is 0 Å². The zero-order valence-electron chi connectivity index (χ0n) is 18.6. The number of carbonyl (C=O) groups excluding carboxylic acids is 2. The van der Waals surface area contributed by atoms with Gasteiger partial charge in [-0.2, -0.15) is 0 Å². The Hall–Kier alpha value is -2.24. The number of nitrogens with zero attached hydrogens (tertiary/aromatic N) is 1. The Kier molecular flexibility index (Phi) is 8.83. The van der Waals surface area contributed by atoms with Crippen molar-refractivity contribution < 1.29 is 14.3 Å². The number of amides is 2. The van der Waals surface area contributed by atoms with E-state index in [0.29, 0.717) is 21.4 Å². The van der Waals surface area contributed by atoms with E-state index in [1.54, 1.807) is 37.1 Å². The van der Waals surface area contributed by atoms with Crippen molar-refractivity contribution in [1.82, 2.24) is 10.2 Å².